The topological polar surface area (TPSA) is 58.4 Å². The Balaban J connectivity index is 0.00000180. The Labute approximate surface area is 124 Å². The third-order valence-electron chi connectivity index (χ3n) is 3.13. The summed E-state index contributed by atoms with van der Waals surface area (Å²) >= 11 is 5.78. The molecule has 0 saturated carbocycles. The highest BCUT2D eigenvalue weighted by atomic mass is 35.5. The summed E-state index contributed by atoms with van der Waals surface area (Å²) in [5.74, 6) is 0.00722. The first-order valence-electron chi connectivity index (χ1n) is 6.17. The molecule has 0 bridgehead atoms. The Kier molecular flexibility index (Phi) is 6.58. The third kappa shape index (κ3) is 5.37. The van der Waals surface area contributed by atoms with E-state index < -0.39 is 0 Å². The zero-order chi connectivity index (χ0) is 13.0. The van der Waals surface area contributed by atoms with E-state index in [9.17, 15) is 4.79 Å². The monoisotopic (exact) mass is 303 g/mol. The summed E-state index contributed by atoms with van der Waals surface area (Å²) in [5, 5.41) is 3.52. The van der Waals surface area contributed by atoms with Crippen LogP contribution in [0.1, 0.15) is 12.8 Å². The van der Waals surface area contributed by atoms with Gasteiger partial charge in [-0.05, 0) is 37.1 Å². The van der Waals surface area contributed by atoms with Crippen LogP contribution in [-0.2, 0) is 4.79 Å². The van der Waals surface area contributed by atoms with Crippen molar-refractivity contribution in [1.82, 2.24) is 4.90 Å². The van der Waals surface area contributed by atoms with Crippen molar-refractivity contribution in [3.05, 3.63) is 29.3 Å². The minimum atomic E-state index is 0. The van der Waals surface area contributed by atoms with Crippen molar-refractivity contribution in [3.8, 4) is 0 Å². The van der Waals surface area contributed by atoms with Crippen molar-refractivity contribution >= 4 is 35.6 Å². The molecule has 1 saturated heterocycles. The fourth-order valence-corrected chi connectivity index (χ4v) is 2.17. The van der Waals surface area contributed by atoms with Crippen molar-refractivity contribution in [3.63, 3.8) is 0 Å². The number of nitrogens with zero attached hydrogens (tertiary/aromatic N) is 1. The second-order valence-corrected chi connectivity index (χ2v) is 5.11. The van der Waals surface area contributed by atoms with Crippen molar-refractivity contribution in [2.45, 2.75) is 18.9 Å². The summed E-state index contributed by atoms with van der Waals surface area (Å²) in [5.41, 5.74) is 6.60. The minimum Gasteiger partial charge on any atom is -0.328 e. The van der Waals surface area contributed by atoms with Gasteiger partial charge in [0.15, 0.2) is 0 Å². The average Bonchev–Trinajstić information content (AvgIpc) is 2.35. The Morgan fingerprint density at radius 3 is 2.47 bits per heavy atom. The first-order valence-corrected chi connectivity index (χ1v) is 6.54. The Bertz CT molecular complexity index is 403. The van der Waals surface area contributed by atoms with E-state index in [0.717, 1.165) is 31.6 Å². The number of nitrogens with one attached hydrogen (secondary N) is 1. The number of likely N-dealkylation sites (tertiary alicyclic amines) is 1. The highest BCUT2D eigenvalue weighted by Crippen LogP contribution is 2.13. The lowest BCUT2D eigenvalue weighted by atomic mass is 10.1. The van der Waals surface area contributed by atoms with Crippen LogP contribution in [0.5, 0.6) is 0 Å². The summed E-state index contributed by atoms with van der Waals surface area (Å²) in [6, 6.07) is 7.41. The fourth-order valence-electron chi connectivity index (χ4n) is 2.05. The van der Waals surface area contributed by atoms with Crippen molar-refractivity contribution < 1.29 is 4.79 Å². The molecule has 6 heteroatoms. The number of piperidine rings is 1. The van der Waals surface area contributed by atoms with E-state index in [2.05, 4.69) is 10.2 Å². The largest absolute Gasteiger partial charge is 0.328 e. The lowest BCUT2D eigenvalue weighted by molar-refractivity contribution is -0.117. The fraction of sp³-hybridized carbons (Fsp3) is 0.462. The number of nitrogens with two attached hydrogens (primary N) is 1. The second-order valence-electron chi connectivity index (χ2n) is 4.67. The predicted octanol–water partition coefficient (Wildman–Crippen LogP) is 2.12. The number of amides is 1. The van der Waals surface area contributed by atoms with Crippen LogP contribution >= 0.6 is 24.0 Å². The maximum atomic E-state index is 11.8. The lowest BCUT2D eigenvalue weighted by Crippen LogP contribution is -2.43. The molecule has 1 aliphatic heterocycles. The molecule has 1 heterocycles. The predicted molar refractivity (Wildman–Crippen MR) is 81.0 cm³/mol. The van der Waals surface area contributed by atoms with E-state index in [-0.39, 0.29) is 18.3 Å². The number of rotatable bonds is 3. The van der Waals surface area contributed by atoms with Gasteiger partial charge >= 0.3 is 0 Å². The van der Waals surface area contributed by atoms with Crippen molar-refractivity contribution in [2.75, 3.05) is 25.0 Å². The zero-order valence-corrected chi connectivity index (χ0v) is 12.2. The molecule has 0 spiro atoms. The Morgan fingerprint density at radius 2 is 1.89 bits per heavy atom. The summed E-state index contributed by atoms with van der Waals surface area (Å²) in [7, 11) is 0. The molecule has 1 aromatic carbocycles. The first-order chi connectivity index (χ1) is 8.63. The molecular weight excluding hydrogens is 285 g/mol. The third-order valence-corrected chi connectivity index (χ3v) is 3.38. The SMILES string of the molecule is Cl.NC1CCN(CC(=O)Nc2ccc(Cl)cc2)CC1. The summed E-state index contributed by atoms with van der Waals surface area (Å²) in [6.45, 7) is 2.22. The number of hydrogen-bond donors (Lipinski definition) is 2. The highest BCUT2D eigenvalue weighted by molar-refractivity contribution is 6.30. The van der Waals surface area contributed by atoms with Gasteiger partial charge in [0.2, 0.25) is 5.91 Å². The van der Waals surface area contributed by atoms with E-state index in [1.54, 1.807) is 24.3 Å². The molecule has 1 fully saturated rings. The molecular formula is C13H19Cl2N3O. The molecule has 1 aliphatic rings. The molecule has 106 valence electrons. The Morgan fingerprint density at radius 1 is 1.32 bits per heavy atom. The van der Waals surface area contributed by atoms with Gasteiger partial charge in [-0.1, -0.05) is 11.6 Å². The molecule has 2 rings (SSSR count). The number of carbonyl (C=O) groups is 1. The molecule has 4 nitrogen and oxygen atoms in total. The van der Waals surface area contributed by atoms with E-state index in [1.807, 2.05) is 0 Å². The van der Waals surface area contributed by atoms with Crippen LogP contribution in [0, 0.1) is 0 Å². The van der Waals surface area contributed by atoms with Gasteiger partial charge in [-0.15, -0.1) is 12.4 Å². The van der Waals surface area contributed by atoms with Gasteiger partial charge in [-0.2, -0.15) is 0 Å². The molecule has 3 N–H and O–H groups in total. The molecule has 0 radical (unpaired) electrons. The Hall–Kier alpha value is -0.810. The number of halogens is 2. The van der Waals surface area contributed by atoms with E-state index in [0.29, 0.717) is 17.6 Å². The van der Waals surface area contributed by atoms with Crippen LogP contribution in [0.25, 0.3) is 0 Å². The molecule has 0 unspecified atom stereocenters. The summed E-state index contributed by atoms with van der Waals surface area (Å²) in [6.07, 6.45) is 1.93. The molecule has 19 heavy (non-hydrogen) atoms. The number of anilines is 1. The highest BCUT2D eigenvalue weighted by Gasteiger charge is 2.18. The van der Waals surface area contributed by atoms with Crippen LogP contribution < -0.4 is 11.1 Å². The normalized spacial score (nSPS) is 16.7. The number of hydrogen-bond acceptors (Lipinski definition) is 3. The van der Waals surface area contributed by atoms with Gasteiger partial charge in [0.25, 0.3) is 0 Å². The minimum absolute atomic E-state index is 0. The second kappa shape index (κ2) is 7.70. The van der Waals surface area contributed by atoms with Crippen molar-refractivity contribution in [1.29, 1.82) is 0 Å². The standard InChI is InChI=1S/C13H18ClN3O.ClH/c14-10-1-3-12(4-2-10)16-13(18)9-17-7-5-11(15)6-8-17;/h1-4,11H,5-9,15H2,(H,16,18);1H. The molecule has 1 amide bonds. The average molecular weight is 304 g/mol. The number of benzene rings is 1. The van der Waals surface area contributed by atoms with Gasteiger partial charge < -0.3 is 11.1 Å². The van der Waals surface area contributed by atoms with Gasteiger partial charge in [-0.25, -0.2) is 0 Å². The molecule has 1 aromatic rings. The van der Waals surface area contributed by atoms with Gasteiger partial charge in [0.05, 0.1) is 6.54 Å². The zero-order valence-electron chi connectivity index (χ0n) is 10.6. The maximum absolute atomic E-state index is 11.8. The number of carbonyl (C=O) groups excluding carboxylic acids is 1. The van der Waals surface area contributed by atoms with E-state index >= 15 is 0 Å². The van der Waals surface area contributed by atoms with Crippen LogP contribution in [-0.4, -0.2) is 36.5 Å². The maximum Gasteiger partial charge on any atom is 0.238 e. The molecule has 0 aromatic heterocycles. The van der Waals surface area contributed by atoms with Crippen LogP contribution in [0.15, 0.2) is 24.3 Å². The lowest BCUT2D eigenvalue weighted by Gasteiger charge is -2.29. The van der Waals surface area contributed by atoms with E-state index in [4.69, 9.17) is 17.3 Å². The quantitative estimate of drug-likeness (QED) is 0.899. The van der Waals surface area contributed by atoms with Gasteiger partial charge in [0.1, 0.15) is 0 Å². The summed E-state index contributed by atoms with van der Waals surface area (Å²) in [4.78, 5) is 14.0. The molecule has 0 atom stereocenters. The molecule has 0 aliphatic carbocycles. The first kappa shape index (κ1) is 16.2. The van der Waals surface area contributed by atoms with Crippen molar-refractivity contribution in [2.24, 2.45) is 5.73 Å². The van der Waals surface area contributed by atoms with Gasteiger partial charge in [0, 0.05) is 29.8 Å². The van der Waals surface area contributed by atoms with Gasteiger partial charge in [-0.3, -0.25) is 9.69 Å². The summed E-state index contributed by atoms with van der Waals surface area (Å²) < 4.78 is 0. The van der Waals surface area contributed by atoms with E-state index in [1.165, 1.54) is 0 Å². The smallest absolute Gasteiger partial charge is 0.238 e. The van der Waals surface area contributed by atoms with Crippen LogP contribution in [0.3, 0.4) is 0 Å². The van der Waals surface area contributed by atoms with Crippen LogP contribution in [0.4, 0.5) is 5.69 Å². The van der Waals surface area contributed by atoms with Crippen LogP contribution in [0.2, 0.25) is 5.02 Å².